The lowest BCUT2D eigenvalue weighted by molar-refractivity contribution is 0.422. The monoisotopic (exact) mass is 122 g/mol. The average molecular weight is 122 g/mol. The molecule has 0 aromatic heterocycles. The van der Waals surface area contributed by atoms with Crippen LogP contribution in [0.3, 0.4) is 0 Å². The molecule has 1 rings (SSSR count). The van der Waals surface area contributed by atoms with Crippen molar-refractivity contribution in [3.8, 4) is 0 Å². The molecule has 0 saturated carbocycles. The SMILES string of the molecule is C=C[C@H]1C=C(O)C=CC1. The van der Waals surface area contributed by atoms with Crippen LogP contribution in [-0.2, 0) is 0 Å². The first kappa shape index (κ1) is 6.14. The Bertz CT molecular complexity index is 165. The van der Waals surface area contributed by atoms with Crippen molar-refractivity contribution in [3.05, 3.63) is 36.6 Å². The van der Waals surface area contributed by atoms with Gasteiger partial charge in [0.15, 0.2) is 0 Å². The Balaban J connectivity index is 2.65. The lowest BCUT2D eigenvalue weighted by atomic mass is 10.0. The number of hydrogen-bond acceptors (Lipinski definition) is 1. The second kappa shape index (κ2) is 2.53. The third kappa shape index (κ3) is 1.46. The normalized spacial score (nSPS) is 25.3. The highest BCUT2D eigenvalue weighted by Gasteiger charge is 2.02. The van der Waals surface area contributed by atoms with Gasteiger partial charge in [-0.15, -0.1) is 6.58 Å². The van der Waals surface area contributed by atoms with Crippen LogP contribution in [0.15, 0.2) is 36.6 Å². The number of aliphatic hydroxyl groups is 1. The van der Waals surface area contributed by atoms with Gasteiger partial charge in [-0.3, -0.25) is 0 Å². The first-order valence-electron chi connectivity index (χ1n) is 3.03. The summed E-state index contributed by atoms with van der Waals surface area (Å²) in [5.74, 6) is 0.682. The van der Waals surface area contributed by atoms with E-state index < -0.39 is 0 Å². The predicted octanol–water partition coefficient (Wildman–Crippen LogP) is 2.19. The smallest absolute Gasteiger partial charge is 0.111 e. The number of allylic oxidation sites excluding steroid dienone is 4. The van der Waals surface area contributed by atoms with Crippen LogP contribution in [0.1, 0.15) is 6.42 Å². The van der Waals surface area contributed by atoms with E-state index in [-0.39, 0.29) is 0 Å². The molecule has 1 heteroatoms. The van der Waals surface area contributed by atoms with Crippen LogP contribution >= 0.6 is 0 Å². The van der Waals surface area contributed by atoms with Crippen LogP contribution in [0.4, 0.5) is 0 Å². The fourth-order valence-electron chi connectivity index (χ4n) is 0.853. The number of aliphatic hydroxyl groups excluding tert-OH is 1. The second-order valence-corrected chi connectivity index (χ2v) is 2.13. The van der Waals surface area contributed by atoms with Crippen molar-refractivity contribution in [1.82, 2.24) is 0 Å². The highest BCUT2D eigenvalue weighted by molar-refractivity contribution is 5.19. The van der Waals surface area contributed by atoms with Gasteiger partial charge in [0.05, 0.1) is 0 Å². The maximum Gasteiger partial charge on any atom is 0.111 e. The molecule has 0 aliphatic heterocycles. The average Bonchev–Trinajstić information content (AvgIpc) is 1.88. The molecule has 1 aliphatic carbocycles. The summed E-state index contributed by atoms with van der Waals surface area (Å²) >= 11 is 0. The number of rotatable bonds is 1. The molecule has 0 aromatic carbocycles. The first-order valence-corrected chi connectivity index (χ1v) is 3.03. The van der Waals surface area contributed by atoms with Crippen LogP contribution in [0, 0.1) is 5.92 Å². The van der Waals surface area contributed by atoms with Crippen molar-refractivity contribution in [1.29, 1.82) is 0 Å². The molecule has 48 valence electrons. The van der Waals surface area contributed by atoms with Gasteiger partial charge in [-0.2, -0.15) is 0 Å². The van der Waals surface area contributed by atoms with E-state index in [4.69, 9.17) is 5.11 Å². The van der Waals surface area contributed by atoms with Crippen LogP contribution in [0.2, 0.25) is 0 Å². The van der Waals surface area contributed by atoms with E-state index in [0.717, 1.165) is 6.42 Å². The van der Waals surface area contributed by atoms with Crippen molar-refractivity contribution in [3.63, 3.8) is 0 Å². The molecule has 0 heterocycles. The lowest BCUT2D eigenvalue weighted by Crippen LogP contribution is -1.95. The third-order valence-corrected chi connectivity index (χ3v) is 1.38. The zero-order chi connectivity index (χ0) is 6.69. The van der Waals surface area contributed by atoms with E-state index in [1.54, 1.807) is 12.2 Å². The highest BCUT2D eigenvalue weighted by Crippen LogP contribution is 2.14. The van der Waals surface area contributed by atoms with Gasteiger partial charge in [0.25, 0.3) is 0 Å². The minimum atomic E-state index is 0.329. The first-order chi connectivity index (χ1) is 4.33. The molecule has 1 aliphatic rings. The molecule has 9 heavy (non-hydrogen) atoms. The molecule has 0 aromatic rings. The summed E-state index contributed by atoms with van der Waals surface area (Å²) in [4.78, 5) is 0. The van der Waals surface area contributed by atoms with Crippen LogP contribution in [-0.4, -0.2) is 5.11 Å². The Labute approximate surface area is 55.0 Å². The molecule has 1 nitrogen and oxygen atoms in total. The Morgan fingerprint density at radius 2 is 2.56 bits per heavy atom. The van der Waals surface area contributed by atoms with E-state index in [1.807, 2.05) is 12.2 Å². The summed E-state index contributed by atoms with van der Waals surface area (Å²) in [5.41, 5.74) is 0. The van der Waals surface area contributed by atoms with Gasteiger partial charge in [0.2, 0.25) is 0 Å². The van der Waals surface area contributed by atoms with Crippen molar-refractivity contribution in [2.24, 2.45) is 5.92 Å². The van der Waals surface area contributed by atoms with Gasteiger partial charge in [-0.25, -0.2) is 0 Å². The summed E-state index contributed by atoms with van der Waals surface area (Å²) in [7, 11) is 0. The molecule has 0 bridgehead atoms. The van der Waals surface area contributed by atoms with Crippen LogP contribution in [0.25, 0.3) is 0 Å². The summed E-state index contributed by atoms with van der Waals surface area (Å²) in [6.45, 7) is 3.63. The topological polar surface area (TPSA) is 20.2 Å². The summed E-state index contributed by atoms with van der Waals surface area (Å²) in [5, 5.41) is 8.94. The fourth-order valence-corrected chi connectivity index (χ4v) is 0.853. The minimum absolute atomic E-state index is 0.329. The lowest BCUT2D eigenvalue weighted by Gasteiger charge is -2.07. The van der Waals surface area contributed by atoms with Crippen molar-refractivity contribution in [2.45, 2.75) is 6.42 Å². The van der Waals surface area contributed by atoms with Gasteiger partial charge in [0, 0.05) is 5.92 Å². The quantitative estimate of drug-likeness (QED) is 0.528. The maximum absolute atomic E-state index is 8.94. The molecule has 0 fully saturated rings. The van der Waals surface area contributed by atoms with Crippen molar-refractivity contribution < 1.29 is 5.11 Å². The molecular weight excluding hydrogens is 112 g/mol. The highest BCUT2D eigenvalue weighted by atomic mass is 16.3. The molecular formula is C8H10O. The zero-order valence-electron chi connectivity index (χ0n) is 5.25. The van der Waals surface area contributed by atoms with Crippen molar-refractivity contribution >= 4 is 0 Å². The predicted molar refractivity (Wildman–Crippen MR) is 38.2 cm³/mol. The van der Waals surface area contributed by atoms with E-state index >= 15 is 0 Å². The van der Waals surface area contributed by atoms with Crippen molar-refractivity contribution in [2.75, 3.05) is 0 Å². The third-order valence-electron chi connectivity index (χ3n) is 1.38. The van der Waals surface area contributed by atoms with Gasteiger partial charge in [-0.05, 0) is 18.6 Å². The minimum Gasteiger partial charge on any atom is -0.508 e. The molecule has 0 unspecified atom stereocenters. The van der Waals surface area contributed by atoms with Crippen LogP contribution in [0.5, 0.6) is 0 Å². The van der Waals surface area contributed by atoms with Crippen LogP contribution < -0.4 is 0 Å². The molecule has 0 amide bonds. The molecule has 0 spiro atoms. The van der Waals surface area contributed by atoms with E-state index in [0.29, 0.717) is 11.7 Å². The molecule has 0 radical (unpaired) electrons. The van der Waals surface area contributed by atoms with Gasteiger partial charge in [-0.1, -0.05) is 12.2 Å². The fraction of sp³-hybridized carbons (Fsp3) is 0.250. The van der Waals surface area contributed by atoms with Gasteiger partial charge < -0.3 is 5.11 Å². The Kier molecular flexibility index (Phi) is 1.73. The molecule has 1 N–H and O–H groups in total. The molecule has 0 saturated heterocycles. The summed E-state index contributed by atoms with van der Waals surface area (Å²) < 4.78 is 0. The largest absolute Gasteiger partial charge is 0.508 e. The Morgan fingerprint density at radius 3 is 3.00 bits per heavy atom. The molecule has 1 atom stereocenters. The maximum atomic E-state index is 8.94. The van der Waals surface area contributed by atoms with E-state index in [9.17, 15) is 0 Å². The van der Waals surface area contributed by atoms with Gasteiger partial charge in [0.1, 0.15) is 5.76 Å². The second-order valence-electron chi connectivity index (χ2n) is 2.13. The van der Waals surface area contributed by atoms with E-state index in [1.165, 1.54) is 0 Å². The Hall–Kier alpha value is -0.980. The van der Waals surface area contributed by atoms with Gasteiger partial charge >= 0.3 is 0 Å². The summed E-state index contributed by atoms with van der Waals surface area (Å²) in [6.07, 6.45) is 8.25. The standard InChI is InChI=1S/C8H10O/c1-2-7-4-3-5-8(9)6-7/h2-3,5-7,9H,1,4H2/t7-/m1/s1. The van der Waals surface area contributed by atoms with E-state index in [2.05, 4.69) is 6.58 Å². The zero-order valence-corrected chi connectivity index (χ0v) is 5.25. The Morgan fingerprint density at radius 1 is 1.78 bits per heavy atom. The number of hydrogen-bond donors (Lipinski definition) is 1. The summed E-state index contributed by atoms with van der Waals surface area (Å²) in [6, 6.07) is 0.